The van der Waals surface area contributed by atoms with Crippen LogP contribution in [0.1, 0.15) is 20.2 Å². The largest absolute Gasteiger partial charge is 0.477 e. The Bertz CT molecular complexity index is 1180. The van der Waals surface area contributed by atoms with Gasteiger partial charge in [-0.2, -0.15) is 0 Å². The number of hydrogen-bond donors (Lipinski definition) is 3. The second-order valence-electron chi connectivity index (χ2n) is 6.11. The SMILES string of the molecule is NC(=O)c1ncc(Nc2ccc(-c3ccccc3)cc2)c2cc(C(=O)O)sc12. The van der Waals surface area contributed by atoms with Gasteiger partial charge in [-0.3, -0.25) is 4.79 Å². The van der Waals surface area contributed by atoms with Crippen molar-refractivity contribution >= 4 is 44.7 Å². The van der Waals surface area contributed by atoms with Crippen LogP contribution < -0.4 is 11.1 Å². The zero-order valence-corrected chi connectivity index (χ0v) is 15.4. The molecule has 4 aromatic rings. The molecule has 0 aliphatic rings. The maximum Gasteiger partial charge on any atom is 0.345 e. The molecule has 0 unspecified atom stereocenters. The first kappa shape index (κ1) is 17.7. The van der Waals surface area contributed by atoms with Crippen molar-refractivity contribution in [3.05, 3.63) is 77.4 Å². The highest BCUT2D eigenvalue weighted by Gasteiger charge is 2.18. The van der Waals surface area contributed by atoms with Gasteiger partial charge in [0.2, 0.25) is 0 Å². The van der Waals surface area contributed by atoms with Crippen LogP contribution in [0.4, 0.5) is 11.4 Å². The van der Waals surface area contributed by atoms with E-state index in [1.54, 1.807) is 0 Å². The average Bonchev–Trinajstić information content (AvgIpc) is 3.15. The lowest BCUT2D eigenvalue weighted by molar-refractivity contribution is 0.0702. The molecule has 0 radical (unpaired) electrons. The molecule has 0 aliphatic carbocycles. The van der Waals surface area contributed by atoms with Gasteiger partial charge in [-0.15, -0.1) is 11.3 Å². The van der Waals surface area contributed by atoms with Gasteiger partial charge in [-0.25, -0.2) is 9.78 Å². The topological polar surface area (TPSA) is 105 Å². The molecule has 1 amide bonds. The maximum absolute atomic E-state index is 11.6. The quantitative estimate of drug-likeness (QED) is 0.466. The standard InChI is InChI=1S/C21H15N3O3S/c22-20(25)18-19-15(10-17(28-19)21(26)27)16(11-23-18)24-14-8-6-13(7-9-14)12-4-2-1-3-5-12/h1-11,24H,(H2,22,25)(H,26,27). The van der Waals surface area contributed by atoms with Crippen molar-refractivity contribution in [2.45, 2.75) is 0 Å². The maximum atomic E-state index is 11.6. The molecule has 4 rings (SSSR count). The molecule has 4 N–H and O–H groups in total. The Kier molecular flexibility index (Phi) is 4.50. The van der Waals surface area contributed by atoms with Gasteiger partial charge < -0.3 is 16.2 Å². The molecule has 0 saturated heterocycles. The van der Waals surface area contributed by atoms with Crippen LogP contribution in [0.2, 0.25) is 0 Å². The molecule has 0 fully saturated rings. The summed E-state index contributed by atoms with van der Waals surface area (Å²) in [5, 5.41) is 13.1. The van der Waals surface area contributed by atoms with Crippen molar-refractivity contribution in [2.24, 2.45) is 5.73 Å². The van der Waals surface area contributed by atoms with E-state index in [9.17, 15) is 14.7 Å². The van der Waals surface area contributed by atoms with Crippen molar-refractivity contribution in [1.29, 1.82) is 0 Å². The Balaban J connectivity index is 1.71. The number of pyridine rings is 1. The van der Waals surface area contributed by atoms with E-state index >= 15 is 0 Å². The number of primary amides is 1. The number of carbonyl (C=O) groups excluding carboxylic acids is 1. The zero-order valence-electron chi connectivity index (χ0n) is 14.5. The first-order valence-electron chi connectivity index (χ1n) is 8.41. The number of aromatic carboxylic acids is 1. The van der Waals surface area contributed by atoms with E-state index in [0.717, 1.165) is 28.2 Å². The lowest BCUT2D eigenvalue weighted by atomic mass is 10.1. The van der Waals surface area contributed by atoms with Crippen LogP contribution in [0.15, 0.2) is 66.9 Å². The Morgan fingerprint density at radius 1 is 1.00 bits per heavy atom. The van der Waals surface area contributed by atoms with Gasteiger partial charge in [0.05, 0.1) is 16.6 Å². The number of nitrogens with two attached hydrogens (primary N) is 1. The summed E-state index contributed by atoms with van der Waals surface area (Å²) in [6, 6.07) is 19.4. The van der Waals surface area contributed by atoms with Crippen molar-refractivity contribution < 1.29 is 14.7 Å². The smallest absolute Gasteiger partial charge is 0.345 e. The summed E-state index contributed by atoms with van der Waals surface area (Å²) >= 11 is 0.982. The second kappa shape index (κ2) is 7.13. The van der Waals surface area contributed by atoms with Crippen molar-refractivity contribution in [3.8, 4) is 11.1 Å². The number of aromatic nitrogens is 1. The lowest BCUT2D eigenvalue weighted by Gasteiger charge is -2.10. The molecule has 0 spiro atoms. The fraction of sp³-hybridized carbons (Fsp3) is 0. The van der Waals surface area contributed by atoms with Gasteiger partial charge in [0.1, 0.15) is 10.6 Å². The Labute approximate surface area is 164 Å². The van der Waals surface area contributed by atoms with Gasteiger partial charge in [-0.05, 0) is 29.3 Å². The minimum absolute atomic E-state index is 0.0671. The molecule has 138 valence electrons. The number of fused-ring (bicyclic) bond motifs is 1. The number of carboxylic acids is 1. The summed E-state index contributed by atoms with van der Waals surface area (Å²) in [5.74, 6) is -1.75. The van der Waals surface area contributed by atoms with E-state index in [0.29, 0.717) is 15.8 Å². The molecule has 0 bridgehead atoms. The van der Waals surface area contributed by atoms with Crippen LogP contribution in [-0.2, 0) is 0 Å². The number of amides is 1. The van der Waals surface area contributed by atoms with Gasteiger partial charge in [0, 0.05) is 11.1 Å². The van der Waals surface area contributed by atoms with Crippen LogP contribution >= 0.6 is 11.3 Å². The minimum atomic E-state index is -1.06. The summed E-state index contributed by atoms with van der Waals surface area (Å²) < 4.78 is 0.454. The van der Waals surface area contributed by atoms with Gasteiger partial charge in [0.15, 0.2) is 0 Å². The number of hydrogen-bond acceptors (Lipinski definition) is 5. The molecular formula is C21H15N3O3S. The zero-order chi connectivity index (χ0) is 19.7. The molecule has 0 aliphatic heterocycles. The molecule has 7 heteroatoms. The van der Waals surface area contributed by atoms with Crippen LogP contribution in [0.25, 0.3) is 21.2 Å². The number of carbonyl (C=O) groups is 2. The van der Waals surface area contributed by atoms with E-state index in [2.05, 4.69) is 10.3 Å². The summed E-state index contributed by atoms with van der Waals surface area (Å²) in [7, 11) is 0. The van der Waals surface area contributed by atoms with Gasteiger partial charge in [-0.1, -0.05) is 42.5 Å². The third kappa shape index (κ3) is 3.30. The highest BCUT2D eigenvalue weighted by molar-refractivity contribution is 7.21. The molecule has 0 saturated carbocycles. The first-order valence-corrected chi connectivity index (χ1v) is 9.23. The first-order chi connectivity index (χ1) is 13.5. The molecule has 2 aromatic carbocycles. The number of nitrogens with zero attached hydrogens (tertiary/aromatic N) is 1. The highest BCUT2D eigenvalue weighted by Crippen LogP contribution is 2.34. The lowest BCUT2D eigenvalue weighted by Crippen LogP contribution is -2.13. The summed E-state index contributed by atoms with van der Waals surface area (Å²) in [6.07, 6.45) is 1.49. The Morgan fingerprint density at radius 2 is 1.68 bits per heavy atom. The Hall–Kier alpha value is -3.71. The number of nitrogens with one attached hydrogen (secondary N) is 1. The fourth-order valence-corrected chi connectivity index (χ4v) is 3.95. The number of benzene rings is 2. The molecule has 6 nitrogen and oxygen atoms in total. The van der Waals surface area contributed by atoms with Gasteiger partial charge in [0.25, 0.3) is 5.91 Å². The number of anilines is 2. The fourth-order valence-electron chi connectivity index (χ4n) is 2.94. The van der Waals surface area contributed by atoms with Gasteiger partial charge >= 0.3 is 5.97 Å². The van der Waals surface area contributed by atoms with E-state index < -0.39 is 11.9 Å². The van der Waals surface area contributed by atoms with E-state index in [1.807, 2.05) is 54.6 Å². The second-order valence-corrected chi connectivity index (χ2v) is 7.16. The number of carboxylic acid groups (broad SMARTS) is 1. The predicted molar refractivity (Wildman–Crippen MR) is 110 cm³/mol. The molecule has 2 aromatic heterocycles. The van der Waals surface area contributed by atoms with Crippen molar-refractivity contribution in [2.75, 3.05) is 5.32 Å². The molecule has 2 heterocycles. The van der Waals surface area contributed by atoms with Crippen molar-refractivity contribution in [3.63, 3.8) is 0 Å². The normalized spacial score (nSPS) is 10.7. The third-order valence-electron chi connectivity index (χ3n) is 4.28. The molecule has 28 heavy (non-hydrogen) atoms. The molecule has 0 atom stereocenters. The predicted octanol–water partition coefficient (Wildman–Crippen LogP) is 4.50. The Morgan fingerprint density at radius 3 is 2.32 bits per heavy atom. The monoisotopic (exact) mass is 389 g/mol. The van der Waals surface area contributed by atoms with E-state index in [4.69, 9.17) is 5.73 Å². The summed E-state index contributed by atoms with van der Waals surface area (Å²) in [4.78, 5) is 27.2. The number of rotatable bonds is 5. The third-order valence-corrected chi connectivity index (χ3v) is 5.41. The summed E-state index contributed by atoms with van der Waals surface area (Å²) in [5.41, 5.74) is 9.07. The van der Waals surface area contributed by atoms with Crippen molar-refractivity contribution in [1.82, 2.24) is 4.98 Å². The number of thiophene rings is 1. The van der Waals surface area contributed by atoms with E-state index in [1.165, 1.54) is 12.3 Å². The van der Waals surface area contributed by atoms with E-state index in [-0.39, 0.29) is 10.6 Å². The molecular weight excluding hydrogens is 374 g/mol. The van der Waals surface area contributed by atoms with Crippen LogP contribution in [0, 0.1) is 0 Å². The highest BCUT2D eigenvalue weighted by atomic mass is 32.1. The van der Waals surface area contributed by atoms with Crippen LogP contribution in [0.5, 0.6) is 0 Å². The summed E-state index contributed by atoms with van der Waals surface area (Å²) in [6.45, 7) is 0. The average molecular weight is 389 g/mol. The van der Waals surface area contributed by atoms with Crippen LogP contribution in [0.3, 0.4) is 0 Å². The minimum Gasteiger partial charge on any atom is -0.477 e. The van der Waals surface area contributed by atoms with Crippen LogP contribution in [-0.4, -0.2) is 22.0 Å².